The number of benzene rings is 1. The molecule has 34 heavy (non-hydrogen) atoms. The maximum atomic E-state index is 13.2. The maximum Gasteiger partial charge on any atom is 0.332 e. The minimum Gasteiger partial charge on any atom is -0.388 e. The molecule has 1 N–H and O–H groups in total. The van der Waals surface area contributed by atoms with Crippen molar-refractivity contribution in [1.29, 1.82) is 0 Å². The third kappa shape index (κ3) is 7.46. The molecule has 2 aromatic rings. The maximum absolute atomic E-state index is 13.2. The van der Waals surface area contributed by atoms with Crippen LogP contribution in [0.25, 0.3) is 0 Å². The van der Waals surface area contributed by atoms with E-state index in [9.17, 15) is 14.7 Å². The monoisotopic (exact) mass is 558 g/mol. The van der Waals surface area contributed by atoms with Crippen LogP contribution >= 0.6 is 11.3 Å². The number of nitrogens with zero attached hydrogens (tertiary/aromatic N) is 2. The number of carbonyl (C=O) groups excluding carboxylic acids is 2. The first kappa shape index (κ1) is 29.2. The molecule has 1 saturated heterocycles. The van der Waals surface area contributed by atoms with Crippen molar-refractivity contribution in [2.24, 2.45) is 5.41 Å². The zero-order valence-corrected chi connectivity index (χ0v) is 24.7. The number of anilines is 1. The van der Waals surface area contributed by atoms with E-state index in [0.717, 1.165) is 31.2 Å². The molecule has 1 radical (unpaired) electrons. The van der Waals surface area contributed by atoms with Crippen LogP contribution in [0.3, 0.4) is 0 Å². The van der Waals surface area contributed by atoms with Crippen LogP contribution in [0.2, 0.25) is 0 Å². The van der Waals surface area contributed by atoms with E-state index >= 15 is 0 Å². The van der Waals surface area contributed by atoms with Gasteiger partial charge in [0.15, 0.2) is 0 Å². The molecule has 3 rings (SSSR count). The number of urea groups is 1. The van der Waals surface area contributed by atoms with Gasteiger partial charge in [-0.3, -0.25) is 14.6 Å². The molecule has 1 aliphatic heterocycles. The van der Waals surface area contributed by atoms with Crippen LogP contribution in [-0.2, 0) is 43.9 Å². The molecule has 183 valence electrons. The quantitative estimate of drug-likeness (QED) is 0.273. The third-order valence-electron chi connectivity index (χ3n) is 6.15. The van der Waals surface area contributed by atoms with Crippen molar-refractivity contribution in [3.8, 4) is 0 Å². The van der Waals surface area contributed by atoms with Gasteiger partial charge in [-0.15, -0.1) is 10.3 Å². The summed E-state index contributed by atoms with van der Waals surface area (Å²) in [5, 5.41) is 13.7. The summed E-state index contributed by atoms with van der Waals surface area (Å²) in [7, 11) is 0. The van der Waals surface area contributed by atoms with Gasteiger partial charge >= 0.3 is 6.03 Å². The number of imide groups is 1. The Morgan fingerprint density at radius 2 is 1.76 bits per heavy atom. The van der Waals surface area contributed by atoms with E-state index in [0.29, 0.717) is 18.5 Å². The molecular formula is C27H37N2O3SY-. The Bertz CT molecular complexity index is 922. The summed E-state index contributed by atoms with van der Waals surface area (Å²) in [5.41, 5.74) is 1.80. The van der Waals surface area contributed by atoms with Gasteiger partial charge in [0.05, 0.1) is 6.10 Å². The van der Waals surface area contributed by atoms with Gasteiger partial charge in [-0.05, 0) is 56.2 Å². The normalized spacial score (nSPS) is 17.4. The van der Waals surface area contributed by atoms with Crippen molar-refractivity contribution in [2.45, 2.75) is 91.3 Å². The molecule has 2 heterocycles. The van der Waals surface area contributed by atoms with Gasteiger partial charge in [0.25, 0.3) is 5.91 Å². The SMILES string of the molecule is CC(C)N1C(=O)C(CCCc2cc[c-]s2)N(c2ccc(C(O)CCCC(C)(C)C)cc2)C1=O.[Y]. The van der Waals surface area contributed by atoms with E-state index < -0.39 is 12.1 Å². The molecule has 0 bridgehead atoms. The Hall–Kier alpha value is -1.08. The predicted octanol–water partition coefficient (Wildman–Crippen LogP) is 6.36. The average molecular weight is 559 g/mol. The minimum absolute atomic E-state index is 0. The van der Waals surface area contributed by atoms with Crippen molar-refractivity contribution < 1.29 is 47.4 Å². The number of carbonyl (C=O) groups is 2. The molecule has 3 amide bonds. The summed E-state index contributed by atoms with van der Waals surface area (Å²) in [6.45, 7) is 10.4. The van der Waals surface area contributed by atoms with E-state index in [1.807, 2.05) is 44.2 Å². The topological polar surface area (TPSA) is 60.9 Å². The second-order valence-electron chi connectivity index (χ2n) is 10.4. The van der Waals surface area contributed by atoms with Crippen molar-refractivity contribution in [2.75, 3.05) is 4.90 Å². The van der Waals surface area contributed by atoms with Crippen molar-refractivity contribution in [3.63, 3.8) is 0 Å². The summed E-state index contributed by atoms with van der Waals surface area (Å²) in [5.74, 6) is -0.126. The van der Waals surface area contributed by atoms with Gasteiger partial charge in [0, 0.05) is 44.4 Å². The van der Waals surface area contributed by atoms with Gasteiger partial charge in [-0.25, -0.2) is 10.9 Å². The molecular weight excluding hydrogens is 521 g/mol. The van der Waals surface area contributed by atoms with Crippen LogP contribution in [0.4, 0.5) is 10.5 Å². The number of aryl methyl sites for hydroxylation is 1. The zero-order valence-electron chi connectivity index (χ0n) is 21.1. The van der Waals surface area contributed by atoms with E-state index in [1.54, 1.807) is 16.2 Å². The van der Waals surface area contributed by atoms with Crippen LogP contribution in [0.15, 0.2) is 36.4 Å². The van der Waals surface area contributed by atoms with Crippen LogP contribution in [0.1, 0.15) is 83.3 Å². The van der Waals surface area contributed by atoms with E-state index in [-0.39, 0.29) is 56.1 Å². The fourth-order valence-electron chi connectivity index (χ4n) is 4.36. The molecule has 1 aliphatic rings. The second kappa shape index (κ2) is 12.8. The summed E-state index contributed by atoms with van der Waals surface area (Å²) in [6, 6.07) is 10.5. The molecule has 0 spiro atoms. The molecule has 1 fully saturated rings. The first-order valence-corrected chi connectivity index (χ1v) is 12.8. The van der Waals surface area contributed by atoms with E-state index in [4.69, 9.17) is 0 Å². The first-order valence-electron chi connectivity index (χ1n) is 12.0. The van der Waals surface area contributed by atoms with Crippen LogP contribution in [0.5, 0.6) is 0 Å². The van der Waals surface area contributed by atoms with Gasteiger partial charge in [-0.1, -0.05) is 52.2 Å². The number of hydrogen-bond acceptors (Lipinski definition) is 4. The molecule has 7 heteroatoms. The number of thiophene rings is 1. The fourth-order valence-corrected chi connectivity index (χ4v) is 5.03. The molecule has 2 atom stereocenters. The molecule has 0 saturated carbocycles. The third-order valence-corrected chi connectivity index (χ3v) is 7.01. The summed E-state index contributed by atoms with van der Waals surface area (Å²) >= 11 is 1.60. The molecule has 0 aliphatic carbocycles. The Morgan fingerprint density at radius 1 is 1.09 bits per heavy atom. The fraction of sp³-hybridized carbons (Fsp3) is 0.556. The van der Waals surface area contributed by atoms with Gasteiger partial charge in [-0.2, -0.15) is 6.07 Å². The standard InChI is InChI=1S/C27H37N2O3S.Y/c1-19(2)28-25(31)23(11-6-9-22-10-8-18-33-22)29(26(28)32)21-15-13-20(14-16-21)24(30)12-7-17-27(3,4)5;/h8,10,13-16,19,23-24,30H,6-7,9,11-12,17H2,1-5H3;/q-1;. The number of aliphatic hydroxyl groups excluding tert-OH is 1. The Balaban J connectivity index is 0.00000408. The molecule has 1 aromatic heterocycles. The Kier molecular flexibility index (Phi) is 10.9. The smallest absolute Gasteiger partial charge is 0.332 e. The summed E-state index contributed by atoms with van der Waals surface area (Å²) < 4.78 is 0. The van der Waals surface area contributed by atoms with Crippen LogP contribution in [-0.4, -0.2) is 34.0 Å². The van der Waals surface area contributed by atoms with Crippen molar-refractivity contribution in [1.82, 2.24) is 4.90 Å². The average Bonchev–Trinajstić information content (AvgIpc) is 3.33. The zero-order chi connectivity index (χ0) is 24.2. The Morgan fingerprint density at radius 3 is 2.32 bits per heavy atom. The van der Waals surface area contributed by atoms with Crippen molar-refractivity contribution in [3.05, 3.63) is 52.2 Å². The molecule has 2 unspecified atom stereocenters. The van der Waals surface area contributed by atoms with Gasteiger partial charge < -0.3 is 16.4 Å². The molecule has 1 aromatic carbocycles. The van der Waals surface area contributed by atoms with E-state index in [2.05, 4.69) is 32.2 Å². The number of rotatable bonds is 10. The summed E-state index contributed by atoms with van der Waals surface area (Å²) in [4.78, 5) is 30.6. The van der Waals surface area contributed by atoms with Crippen molar-refractivity contribution >= 4 is 29.0 Å². The Labute approximate surface area is 233 Å². The number of hydrogen-bond donors (Lipinski definition) is 1. The largest absolute Gasteiger partial charge is 0.388 e. The molecule has 5 nitrogen and oxygen atoms in total. The predicted molar refractivity (Wildman–Crippen MR) is 134 cm³/mol. The first-order chi connectivity index (χ1) is 15.6. The van der Waals surface area contributed by atoms with Gasteiger partial charge in [0.1, 0.15) is 6.04 Å². The van der Waals surface area contributed by atoms with Crippen LogP contribution in [0, 0.1) is 10.8 Å². The van der Waals surface area contributed by atoms with E-state index in [1.165, 1.54) is 9.78 Å². The summed E-state index contributed by atoms with van der Waals surface area (Å²) in [6.07, 6.45) is 4.52. The van der Waals surface area contributed by atoms with Crippen LogP contribution < -0.4 is 4.90 Å². The number of amides is 3. The second-order valence-corrected chi connectivity index (χ2v) is 11.4. The minimum atomic E-state index is -0.525. The number of aliphatic hydroxyl groups is 1. The van der Waals surface area contributed by atoms with Gasteiger partial charge in [0.2, 0.25) is 0 Å².